The summed E-state index contributed by atoms with van der Waals surface area (Å²) in [6.07, 6.45) is 4.35. The Kier molecular flexibility index (Phi) is 6.08. The number of rotatable bonds is 4. The van der Waals surface area contributed by atoms with E-state index in [1.54, 1.807) is 0 Å². The molecule has 20 heavy (non-hydrogen) atoms. The van der Waals surface area contributed by atoms with Crippen LogP contribution in [-0.4, -0.2) is 18.2 Å². The topological polar surface area (TPSA) is 38.3 Å². The normalized spacial score (nSPS) is 11.7. The fraction of sp³-hybridized carbons (Fsp3) is 0.438. The first-order valence-corrected chi connectivity index (χ1v) is 7.05. The molecule has 0 atom stereocenters. The molecule has 0 fully saturated rings. The van der Waals surface area contributed by atoms with Crippen molar-refractivity contribution < 1.29 is 9.53 Å². The summed E-state index contributed by atoms with van der Waals surface area (Å²) in [5, 5.41) is 3.44. The number of aryl methyl sites for hydroxylation is 1. The minimum atomic E-state index is -0.460. The number of hydrogen-bond donors (Lipinski definition) is 1. The van der Waals surface area contributed by atoms with E-state index in [0.717, 1.165) is 22.6 Å². The number of carbonyl (C=O) groups excluding carboxylic acids is 1. The Morgan fingerprint density at radius 2 is 2.05 bits per heavy atom. The van der Waals surface area contributed by atoms with Gasteiger partial charge in [-0.05, 0) is 57.4 Å². The Bertz CT molecular complexity index is 469. The van der Waals surface area contributed by atoms with Crippen LogP contribution >= 0.6 is 11.6 Å². The summed E-state index contributed by atoms with van der Waals surface area (Å²) in [7, 11) is 0. The third-order valence-electron chi connectivity index (χ3n) is 2.35. The molecule has 0 spiro atoms. The van der Waals surface area contributed by atoms with E-state index in [4.69, 9.17) is 16.3 Å². The smallest absolute Gasteiger partial charge is 0.407 e. The largest absolute Gasteiger partial charge is 0.444 e. The molecule has 3 nitrogen and oxygen atoms in total. The third kappa shape index (κ3) is 7.19. The second-order valence-corrected chi connectivity index (χ2v) is 6.12. The van der Waals surface area contributed by atoms with Gasteiger partial charge in [0, 0.05) is 11.6 Å². The van der Waals surface area contributed by atoms with Crippen LogP contribution in [0.25, 0.3) is 6.08 Å². The fourth-order valence-corrected chi connectivity index (χ4v) is 1.95. The Morgan fingerprint density at radius 3 is 2.65 bits per heavy atom. The highest BCUT2D eigenvalue weighted by molar-refractivity contribution is 6.30. The molecule has 0 heterocycles. The maximum atomic E-state index is 11.4. The van der Waals surface area contributed by atoms with Crippen LogP contribution in [0.3, 0.4) is 0 Å². The molecular formula is C16H22ClNO2. The molecule has 0 bridgehead atoms. The average Bonchev–Trinajstić information content (AvgIpc) is 2.24. The maximum Gasteiger partial charge on any atom is 0.407 e. The molecule has 0 radical (unpaired) electrons. The van der Waals surface area contributed by atoms with E-state index in [2.05, 4.69) is 11.4 Å². The van der Waals surface area contributed by atoms with Gasteiger partial charge in [-0.25, -0.2) is 4.79 Å². The lowest BCUT2D eigenvalue weighted by Crippen LogP contribution is -2.32. The van der Waals surface area contributed by atoms with Crippen LogP contribution in [0.4, 0.5) is 4.79 Å². The lowest BCUT2D eigenvalue weighted by molar-refractivity contribution is 0.0529. The van der Waals surface area contributed by atoms with E-state index >= 15 is 0 Å². The van der Waals surface area contributed by atoms with Crippen molar-refractivity contribution in [3.05, 3.63) is 40.4 Å². The highest BCUT2D eigenvalue weighted by Crippen LogP contribution is 2.15. The van der Waals surface area contributed by atoms with Gasteiger partial charge in [0.25, 0.3) is 0 Å². The van der Waals surface area contributed by atoms with Crippen molar-refractivity contribution in [3.63, 3.8) is 0 Å². The molecule has 0 saturated carbocycles. The lowest BCUT2D eigenvalue weighted by Gasteiger charge is -2.19. The number of nitrogens with one attached hydrogen (secondary N) is 1. The van der Waals surface area contributed by atoms with Crippen LogP contribution in [0.15, 0.2) is 24.3 Å². The number of halogens is 1. The Morgan fingerprint density at radius 1 is 1.35 bits per heavy atom. The molecule has 0 saturated heterocycles. The van der Waals surface area contributed by atoms with Gasteiger partial charge in [-0.1, -0.05) is 29.8 Å². The summed E-state index contributed by atoms with van der Waals surface area (Å²) in [5.74, 6) is 0. The van der Waals surface area contributed by atoms with Gasteiger partial charge in [0.1, 0.15) is 5.60 Å². The maximum absolute atomic E-state index is 11.4. The van der Waals surface area contributed by atoms with Gasteiger partial charge in [-0.3, -0.25) is 0 Å². The summed E-state index contributed by atoms with van der Waals surface area (Å²) in [5.41, 5.74) is 1.73. The van der Waals surface area contributed by atoms with E-state index in [-0.39, 0.29) is 6.09 Å². The number of hydrogen-bond acceptors (Lipinski definition) is 2. The monoisotopic (exact) mass is 295 g/mol. The molecule has 1 amide bonds. The summed E-state index contributed by atoms with van der Waals surface area (Å²) in [6, 6.07) is 5.89. The van der Waals surface area contributed by atoms with Gasteiger partial charge in [-0.15, -0.1) is 0 Å². The van der Waals surface area contributed by atoms with Crippen LogP contribution in [0.5, 0.6) is 0 Å². The molecule has 0 aliphatic rings. The van der Waals surface area contributed by atoms with Gasteiger partial charge >= 0.3 is 6.09 Å². The Hall–Kier alpha value is -1.48. The van der Waals surface area contributed by atoms with Crippen molar-refractivity contribution in [1.29, 1.82) is 0 Å². The molecule has 1 aromatic rings. The van der Waals surface area contributed by atoms with Crippen molar-refractivity contribution >= 4 is 23.8 Å². The zero-order valence-electron chi connectivity index (χ0n) is 12.5. The molecule has 0 aromatic heterocycles. The molecule has 0 aliphatic heterocycles. The molecule has 4 heteroatoms. The second-order valence-electron chi connectivity index (χ2n) is 5.68. The van der Waals surface area contributed by atoms with Crippen LogP contribution in [0.1, 0.15) is 38.3 Å². The summed E-state index contributed by atoms with van der Waals surface area (Å²) in [4.78, 5) is 11.4. The van der Waals surface area contributed by atoms with Crippen molar-refractivity contribution in [3.8, 4) is 0 Å². The molecule has 1 N–H and O–H groups in total. The first-order valence-electron chi connectivity index (χ1n) is 6.67. The van der Waals surface area contributed by atoms with Gasteiger partial charge in [0.2, 0.25) is 0 Å². The zero-order valence-corrected chi connectivity index (χ0v) is 13.3. The highest BCUT2D eigenvalue weighted by atomic mass is 35.5. The number of amides is 1. The summed E-state index contributed by atoms with van der Waals surface area (Å²) < 4.78 is 5.14. The zero-order chi connectivity index (χ0) is 15.2. The highest BCUT2D eigenvalue weighted by Gasteiger charge is 2.15. The van der Waals surface area contributed by atoms with Crippen molar-refractivity contribution in [1.82, 2.24) is 5.32 Å². The average molecular weight is 296 g/mol. The molecule has 110 valence electrons. The van der Waals surface area contributed by atoms with Crippen LogP contribution < -0.4 is 5.32 Å². The second kappa shape index (κ2) is 7.34. The van der Waals surface area contributed by atoms with Crippen LogP contribution in [0, 0.1) is 6.92 Å². The van der Waals surface area contributed by atoms with Crippen molar-refractivity contribution in [2.45, 2.75) is 39.7 Å². The molecular weight excluding hydrogens is 274 g/mol. The molecule has 1 rings (SSSR count). The Balaban J connectivity index is 2.34. The first-order chi connectivity index (χ1) is 9.26. The molecule has 0 unspecified atom stereocenters. The van der Waals surface area contributed by atoms with E-state index < -0.39 is 5.60 Å². The number of carbonyl (C=O) groups is 1. The minimum Gasteiger partial charge on any atom is -0.444 e. The standard InChI is InChI=1S/C16H22ClNO2/c1-12-9-13(11-14(17)10-12)7-5-6-8-18-15(19)20-16(2,3)4/h5,7,9-11H,6,8H2,1-4H3,(H,18,19). The number of alkyl carbamates (subject to hydrolysis) is 1. The SMILES string of the molecule is Cc1cc(Cl)cc(C=CCCNC(=O)OC(C)(C)C)c1. The van der Waals surface area contributed by atoms with E-state index in [1.807, 2.05) is 52.0 Å². The van der Waals surface area contributed by atoms with Crippen LogP contribution in [-0.2, 0) is 4.74 Å². The molecule has 0 aliphatic carbocycles. The van der Waals surface area contributed by atoms with Gasteiger partial charge in [0.05, 0.1) is 0 Å². The van der Waals surface area contributed by atoms with Crippen molar-refractivity contribution in [2.24, 2.45) is 0 Å². The Labute approximate surface area is 126 Å². The molecule has 1 aromatic carbocycles. The van der Waals surface area contributed by atoms with Gasteiger partial charge in [0.15, 0.2) is 0 Å². The predicted molar refractivity (Wildman–Crippen MR) is 84.1 cm³/mol. The van der Waals surface area contributed by atoms with Crippen molar-refractivity contribution in [2.75, 3.05) is 6.54 Å². The first kappa shape index (κ1) is 16.6. The predicted octanol–water partition coefficient (Wildman–Crippen LogP) is 4.58. The number of benzene rings is 1. The summed E-state index contributed by atoms with van der Waals surface area (Å²) in [6.45, 7) is 8.08. The summed E-state index contributed by atoms with van der Waals surface area (Å²) >= 11 is 5.99. The van der Waals surface area contributed by atoms with Crippen LogP contribution in [0.2, 0.25) is 5.02 Å². The van der Waals surface area contributed by atoms with E-state index in [0.29, 0.717) is 6.54 Å². The van der Waals surface area contributed by atoms with Gasteiger partial charge < -0.3 is 10.1 Å². The van der Waals surface area contributed by atoms with Gasteiger partial charge in [-0.2, -0.15) is 0 Å². The minimum absolute atomic E-state index is 0.385. The number of ether oxygens (including phenoxy) is 1. The quantitative estimate of drug-likeness (QED) is 0.826. The lowest BCUT2D eigenvalue weighted by atomic mass is 10.1. The third-order valence-corrected chi connectivity index (χ3v) is 2.57. The fourth-order valence-electron chi connectivity index (χ4n) is 1.65. The van der Waals surface area contributed by atoms with E-state index in [9.17, 15) is 4.79 Å². The van der Waals surface area contributed by atoms with E-state index in [1.165, 1.54) is 0 Å².